The van der Waals surface area contributed by atoms with E-state index in [1.54, 1.807) is 0 Å². The van der Waals surface area contributed by atoms with Crippen LogP contribution in [0.1, 0.15) is 180 Å². The molecule has 4 aromatic rings. The first kappa shape index (κ1) is 94.0. The van der Waals surface area contributed by atoms with E-state index >= 15 is 0 Å². The van der Waals surface area contributed by atoms with E-state index in [9.17, 15) is 19.2 Å². The minimum atomic E-state index is -0.506. The molecule has 0 aliphatic rings. The Morgan fingerprint density at radius 2 is 0.456 bits per heavy atom. The summed E-state index contributed by atoms with van der Waals surface area (Å²) < 4.78 is 20.3. The van der Waals surface area contributed by atoms with E-state index in [0.717, 1.165) is 148 Å². The number of nitrogens with one attached hydrogen (secondary N) is 4. The molecule has 4 aromatic carbocycles. The molecule has 0 fully saturated rings. The van der Waals surface area contributed by atoms with Crippen LogP contribution in [0, 0.1) is 0 Å². The third-order valence-corrected chi connectivity index (χ3v) is 10.4. The molecule has 90 heavy (non-hydrogen) atoms. The number of rotatable bonds is 28. The summed E-state index contributed by atoms with van der Waals surface area (Å²) in [6, 6.07) is 38.3. The average molecular weight is 1400 g/mol. The van der Waals surface area contributed by atoms with Crippen molar-refractivity contribution in [3.63, 3.8) is 0 Å². The largest absolute Gasteiger partial charge is 2.00 e. The summed E-state index contributed by atoms with van der Waals surface area (Å²) in [7, 11) is 0. The number of isothiocyanates is 4. The van der Waals surface area contributed by atoms with Crippen LogP contribution in [0.15, 0.2) is 142 Å². The van der Waals surface area contributed by atoms with Gasteiger partial charge in [0, 0.05) is 22.8 Å². The zero-order valence-electron chi connectivity index (χ0n) is 52.8. The molecule has 0 unspecified atom stereocenters. The molecule has 4 amide bonds. The van der Waals surface area contributed by atoms with Gasteiger partial charge in [0.15, 0.2) is 0 Å². The number of hydrazone groups is 4. The third-order valence-electron chi connectivity index (χ3n) is 10.4. The predicted octanol–water partition coefficient (Wildman–Crippen LogP) is 18.1. The predicted molar refractivity (Wildman–Crippen MR) is 372 cm³/mol. The summed E-state index contributed by atoms with van der Waals surface area (Å²) in [6.45, 7) is 17.8. The molecule has 0 aromatic heterocycles. The molecular formula is C64H88Co2N12O8S4. The quantitative estimate of drug-likeness (QED) is 0.0179. The smallest absolute Gasteiger partial charge is 0.753 e. The Kier molecular flexibility index (Phi) is 77.6. The molecule has 4 rings (SSSR count). The SMILES string of the molecule is CCCC(CCC)=NNC(=O)OCc1ccccc1.CCCC(CCC)=NNC(=O)OCc1ccccc1.CCCC(CCC)=NNC(=O)OCc1ccccc1.CCCC(CCC)=NNC(=O)OCc1ccccc1.[Co+2].[Co+2].[N-]=C=S.[N-]=C=S.[N-]=C=S.[N-]=C=S. The number of thiocarbonyl (C=S) groups is 4. The fourth-order valence-corrected chi connectivity index (χ4v) is 6.78. The van der Waals surface area contributed by atoms with E-state index in [2.05, 4.69) is 146 Å². The topological polar surface area (TPSA) is 292 Å². The molecular weight excluding hydrogens is 1310 g/mol. The second-order valence-corrected chi connectivity index (χ2v) is 18.5. The van der Waals surface area contributed by atoms with E-state index < -0.39 is 24.4 Å². The van der Waals surface area contributed by atoms with Gasteiger partial charge in [0.1, 0.15) is 26.4 Å². The third kappa shape index (κ3) is 65.3. The van der Waals surface area contributed by atoms with Crippen molar-refractivity contribution in [3.05, 3.63) is 165 Å². The number of nitrogens with zero attached hydrogens (tertiary/aromatic N) is 8. The fourth-order valence-electron chi connectivity index (χ4n) is 6.78. The van der Waals surface area contributed by atoms with Crippen LogP contribution in [0.25, 0.3) is 21.6 Å². The van der Waals surface area contributed by atoms with Gasteiger partial charge >= 0.3 is 57.9 Å². The summed E-state index contributed by atoms with van der Waals surface area (Å²) in [5.74, 6) is 0. The van der Waals surface area contributed by atoms with E-state index in [1.807, 2.05) is 121 Å². The van der Waals surface area contributed by atoms with Gasteiger partial charge in [-0.25, -0.2) is 40.9 Å². The summed E-state index contributed by atoms with van der Waals surface area (Å²) >= 11 is 14.8. The minimum absolute atomic E-state index is 0. The number of benzene rings is 4. The number of ether oxygens (including phenoxy) is 4. The molecule has 0 spiro atoms. The normalized spacial score (nSPS) is 8.62. The maximum Gasteiger partial charge on any atom is 2.00 e. The molecule has 20 nitrogen and oxygen atoms in total. The van der Waals surface area contributed by atoms with Crippen LogP contribution in [-0.4, -0.2) is 67.9 Å². The molecule has 26 heteroatoms. The molecule has 0 saturated carbocycles. The molecule has 0 aliphatic heterocycles. The van der Waals surface area contributed by atoms with Crippen LogP contribution >= 0.6 is 48.9 Å². The Morgan fingerprint density at radius 3 is 0.578 bits per heavy atom. The molecule has 494 valence electrons. The average Bonchev–Trinajstić information content (AvgIpc) is 3.58. The maximum absolute atomic E-state index is 11.5. The van der Waals surface area contributed by atoms with Gasteiger partial charge in [0.2, 0.25) is 0 Å². The Hall–Kier alpha value is -7.15. The zero-order chi connectivity index (χ0) is 66.5. The molecule has 0 atom stereocenters. The summed E-state index contributed by atoms with van der Waals surface area (Å²) in [5.41, 5.74) is 17.7. The van der Waals surface area contributed by atoms with Crippen molar-refractivity contribution in [2.75, 3.05) is 0 Å². The summed E-state index contributed by atoms with van der Waals surface area (Å²) in [4.78, 5) is 46.0. The number of hydrogen-bond donors (Lipinski definition) is 4. The number of hydrogen-bond acceptors (Lipinski definition) is 16. The van der Waals surface area contributed by atoms with Gasteiger partial charge < -0.3 is 40.6 Å². The van der Waals surface area contributed by atoms with E-state index in [0.29, 0.717) is 0 Å². The van der Waals surface area contributed by atoms with Crippen LogP contribution in [0.2, 0.25) is 0 Å². The van der Waals surface area contributed by atoms with Gasteiger partial charge in [0.25, 0.3) is 0 Å². The second-order valence-electron chi connectivity index (χ2n) is 17.8. The van der Waals surface area contributed by atoms with Crippen molar-refractivity contribution >= 4 is 117 Å². The molecule has 0 bridgehead atoms. The van der Waals surface area contributed by atoms with Gasteiger partial charge in [-0.15, -0.1) is 0 Å². The Balaban J connectivity index is -0.000000244. The van der Waals surface area contributed by atoms with Crippen LogP contribution in [0.4, 0.5) is 19.2 Å². The van der Waals surface area contributed by atoms with Crippen LogP contribution < -0.4 is 21.7 Å². The van der Waals surface area contributed by atoms with Crippen molar-refractivity contribution in [2.45, 2.75) is 185 Å². The van der Waals surface area contributed by atoms with Crippen LogP contribution in [0.3, 0.4) is 0 Å². The standard InChI is InChI=1S/4C15H22N2O2.4CNS.2Co/c4*1-3-8-14(9-4-2)16-17-15(18)19-12-13-10-6-5-7-11-13;4*2-1-3;;/h4*5-7,10-11H,3-4,8-9,12H2,1-2H3,(H,17,18);;;;;;/q;;;;4*-1;2*+2. The summed E-state index contributed by atoms with van der Waals surface area (Å²) in [5, 5.41) is 50.3. The van der Waals surface area contributed by atoms with Gasteiger partial charge in [-0.05, 0) is 73.6 Å². The Bertz CT molecular complexity index is 2280. The molecule has 0 aliphatic carbocycles. The van der Waals surface area contributed by atoms with E-state index in [-0.39, 0.29) is 60.0 Å². The van der Waals surface area contributed by atoms with Crippen molar-refractivity contribution in [1.82, 2.24) is 21.7 Å². The van der Waals surface area contributed by atoms with Gasteiger partial charge in [-0.1, -0.05) is 277 Å². The fraction of sp³-hybridized carbons (Fsp3) is 0.438. The van der Waals surface area contributed by atoms with Gasteiger partial charge in [0.05, 0.1) is 0 Å². The number of carbonyl (C=O) groups is 4. The number of carbonyl (C=O) groups excluding carboxylic acids is 4. The van der Waals surface area contributed by atoms with Gasteiger partial charge in [-0.2, -0.15) is 41.1 Å². The Morgan fingerprint density at radius 1 is 0.322 bits per heavy atom. The van der Waals surface area contributed by atoms with Crippen molar-refractivity contribution in [1.29, 1.82) is 0 Å². The van der Waals surface area contributed by atoms with Crippen LogP contribution in [0.5, 0.6) is 0 Å². The van der Waals surface area contributed by atoms with E-state index in [4.69, 9.17) is 40.6 Å². The van der Waals surface area contributed by atoms with Gasteiger partial charge in [-0.3, -0.25) is 0 Å². The molecule has 0 heterocycles. The minimum Gasteiger partial charge on any atom is -0.753 e. The monoisotopic (exact) mass is 1400 g/mol. The molecule has 0 saturated heterocycles. The summed E-state index contributed by atoms with van der Waals surface area (Å²) in [6.07, 6.45) is 13.5. The maximum atomic E-state index is 11.5. The van der Waals surface area contributed by atoms with Crippen LogP contribution in [-0.2, 0) is 78.9 Å². The molecule has 2 radical (unpaired) electrons. The van der Waals surface area contributed by atoms with E-state index in [1.165, 1.54) is 20.6 Å². The van der Waals surface area contributed by atoms with Crippen molar-refractivity contribution in [3.8, 4) is 0 Å². The first-order valence-corrected chi connectivity index (χ1v) is 30.5. The Labute approximate surface area is 576 Å². The van der Waals surface area contributed by atoms with Crippen molar-refractivity contribution in [2.24, 2.45) is 20.4 Å². The first-order valence-electron chi connectivity index (χ1n) is 28.8. The molecule has 4 N–H and O–H groups in total. The zero-order valence-corrected chi connectivity index (χ0v) is 58.2. The number of amides is 4. The first-order chi connectivity index (χ1) is 42.7. The second kappa shape index (κ2) is 74.3. The van der Waals surface area contributed by atoms with Crippen molar-refractivity contribution < 1.29 is 71.7 Å².